The second kappa shape index (κ2) is 7.99. The highest BCUT2D eigenvalue weighted by atomic mass is 32.1. The summed E-state index contributed by atoms with van der Waals surface area (Å²) in [6, 6.07) is 7.58. The number of nitrogens with one attached hydrogen (secondary N) is 1. The second-order valence-corrected chi connectivity index (χ2v) is 7.23. The van der Waals surface area contributed by atoms with Crippen LogP contribution in [0.4, 0.5) is 24.0 Å². The Kier molecular flexibility index (Phi) is 5.66. The molecule has 3 rings (SSSR count). The van der Waals surface area contributed by atoms with Gasteiger partial charge in [0.15, 0.2) is 0 Å². The number of pyridine rings is 1. The number of amides is 1. The monoisotopic (exact) mass is 407 g/mol. The number of hydrogen-bond donors (Lipinski definition) is 3. The van der Waals surface area contributed by atoms with E-state index in [0.717, 1.165) is 29.5 Å². The third kappa shape index (κ3) is 4.32. The lowest BCUT2D eigenvalue weighted by Crippen LogP contribution is -2.11. The minimum Gasteiger partial charge on any atom is -0.393 e. The van der Waals surface area contributed by atoms with Crippen LogP contribution in [-0.4, -0.2) is 22.1 Å². The van der Waals surface area contributed by atoms with Gasteiger partial charge in [0.25, 0.3) is 5.91 Å². The zero-order valence-electron chi connectivity index (χ0n) is 14.7. The van der Waals surface area contributed by atoms with Gasteiger partial charge in [-0.15, -0.1) is 11.3 Å². The number of aliphatic hydroxyl groups excluding tert-OH is 1. The molecule has 0 saturated carbocycles. The van der Waals surface area contributed by atoms with Crippen molar-refractivity contribution < 1.29 is 23.1 Å². The van der Waals surface area contributed by atoms with Gasteiger partial charge in [0, 0.05) is 4.88 Å². The molecular formula is C19H16F3N3O2S. The van der Waals surface area contributed by atoms with Crippen LogP contribution in [-0.2, 0) is 6.42 Å². The van der Waals surface area contributed by atoms with E-state index in [9.17, 15) is 23.1 Å². The van der Waals surface area contributed by atoms with Crippen LogP contribution in [0.15, 0.2) is 36.4 Å². The molecule has 0 radical (unpaired) electrons. The molecule has 5 nitrogen and oxygen atoms in total. The molecule has 28 heavy (non-hydrogen) atoms. The highest BCUT2D eigenvalue weighted by molar-refractivity contribution is 7.20. The van der Waals surface area contributed by atoms with Gasteiger partial charge in [-0.25, -0.2) is 13.8 Å². The van der Waals surface area contributed by atoms with E-state index < -0.39 is 29.6 Å². The second-order valence-electron chi connectivity index (χ2n) is 6.18. The molecule has 2 aromatic heterocycles. The molecule has 0 saturated heterocycles. The van der Waals surface area contributed by atoms with Gasteiger partial charge >= 0.3 is 0 Å². The van der Waals surface area contributed by atoms with Crippen LogP contribution in [0.1, 0.15) is 22.8 Å². The summed E-state index contributed by atoms with van der Waals surface area (Å²) >= 11 is 0.886. The van der Waals surface area contributed by atoms with Gasteiger partial charge in [0.05, 0.1) is 17.2 Å². The Labute approximate surface area is 162 Å². The predicted octanol–water partition coefficient (Wildman–Crippen LogP) is 3.99. The summed E-state index contributed by atoms with van der Waals surface area (Å²) in [5, 5.41) is 12.3. The molecule has 3 aromatic rings. The lowest BCUT2D eigenvalue weighted by Gasteiger charge is -2.08. The number of nitrogens with two attached hydrogens (primary N) is 1. The molecule has 0 aliphatic carbocycles. The standard InChI is InChI=1S/C19H16F3N3O2S/c1-9(26)5-10-6-12(20)17(13(21)7-10)14-8-11(18(23)27)19(28-14)25-16-4-2-3-15(22)24-16/h2-4,6-9,26H,5H2,1H3,(H2,23,27)(H,24,25). The Morgan fingerprint density at radius 1 is 1.25 bits per heavy atom. The maximum atomic E-state index is 14.6. The van der Waals surface area contributed by atoms with E-state index in [-0.39, 0.29) is 33.2 Å². The van der Waals surface area contributed by atoms with E-state index in [1.165, 1.54) is 25.1 Å². The van der Waals surface area contributed by atoms with Crippen LogP contribution in [0, 0.1) is 17.6 Å². The topological polar surface area (TPSA) is 88.2 Å². The maximum absolute atomic E-state index is 14.6. The van der Waals surface area contributed by atoms with E-state index in [1.54, 1.807) is 0 Å². The lowest BCUT2D eigenvalue weighted by atomic mass is 10.0. The Hall–Kier alpha value is -2.91. The number of anilines is 2. The van der Waals surface area contributed by atoms with Crippen molar-refractivity contribution in [2.45, 2.75) is 19.4 Å². The molecule has 2 heterocycles. The summed E-state index contributed by atoms with van der Waals surface area (Å²) in [6.07, 6.45) is -0.647. The minimum absolute atomic E-state index is 0.00193. The summed E-state index contributed by atoms with van der Waals surface area (Å²) < 4.78 is 42.4. The number of rotatable bonds is 6. The first-order valence-electron chi connectivity index (χ1n) is 8.24. The molecule has 0 aliphatic rings. The molecule has 1 atom stereocenters. The summed E-state index contributed by atoms with van der Waals surface area (Å²) in [4.78, 5) is 15.5. The number of thiophene rings is 1. The number of hydrogen-bond acceptors (Lipinski definition) is 5. The van der Waals surface area contributed by atoms with Crippen molar-refractivity contribution in [3.8, 4) is 10.4 Å². The molecule has 1 unspecified atom stereocenters. The van der Waals surface area contributed by atoms with Crippen molar-refractivity contribution >= 4 is 28.1 Å². The molecule has 1 aromatic carbocycles. The normalized spacial score (nSPS) is 12.0. The average molecular weight is 407 g/mol. The van der Waals surface area contributed by atoms with Crippen molar-refractivity contribution in [2.24, 2.45) is 5.73 Å². The Morgan fingerprint density at radius 3 is 2.50 bits per heavy atom. The number of nitrogens with zero attached hydrogens (tertiary/aromatic N) is 1. The number of benzene rings is 1. The van der Waals surface area contributed by atoms with Crippen LogP contribution in [0.25, 0.3) is 10.4 Å². The number of aromatic nitrogens is 1. The Balaban J connectivity index is 2.03. The summed E-state index contributed by atoms with van der Waals surface area (Å²) in [5.41, 5.74) is 5.35. The lowest BCUT2D eigenvalue weighted by molar-refractivity contribution is 0.100. The fourth-order valence-electron chi connectivity index (χ4n) is 2.70. The van der Waals surface area contributed by atoms with E-state index in [4.69, 9.17) is 5.73 Å². The molecule has 146 valence electrons. The molecule has 0 aliphatic heterocycles. The van der Waals surface area contributed by atoms with Crippen LogP contribution < -0.4 is 11.1 Å². The van der Waals surface area contributed by atoms with Gasteiger partial charge < -0.3 is 16.2 Å². The molecule has 0 fully saturated rings. The number of aliphatic hydroxyl groups is 1. The smallest absolute Gasteiger partial charge is 0.251 e. The highest BCUT2D eigenvalue weighted by Crippen LogP contribution is 2.39. The fourth-order valence-corrected chi connectivity index (χ4v) is 3.82. The van der Waals surface area contributed by atoms with Gasteiger partial charge in [-0.05, 0) is 49.2 Å². The summed E-state index contributed by atoms with van der Waals surface area (Å²) in [5.74, 6) is -3.09. The van der Waals surface area contributed by atoms with Crippen molar-refractivity contribution in [2.75, 3.05) is 5.32 Å². The van der Waals surface area contributed by atoms with Crippen LogP contribution in [0.3, 0.4) is 0 Å². The maximum Gasteiger partial charge on any atom is 0.251 e. The van der Waals surface area contributed by atoms with Crippen LogP contribution in [0.2, 0.25) is 0 Å². The van der Waals surface area contributed by atoms with Crippen molar-refractivity contribution in [3.05, 3.63) is 65.1 Å². The summed E-state index contributed by atoms with van der Waals surface area (Å²) in [7, 11) is 0. The van der Waals surface area contributed by atoms with Gasteiger partial charge in [0.1, 0.15) is 22.5 Å². The number of halogens is 3. The Bertz CT molecular complexity index is 1010. The van der Waals surface area contributed by atoms with Gasteiger partial charge in [0.2, 0.25) is 5.95 Å². The first kappa shape index (κ1) is 19.8. The first-order valence-corrected chi connectivity index (χ1v) is 9.06. The number of carbonyl (C=O) groups is 1. The largest absolute Gasteiger partial charge is 0.393 e. The quantitative estimate of drug-likeness (QED) is 0.539. The fraction of sp³-hybridized carbons (Fsp3) is 0.158. The average Bonchev–Trinajstić information content (AvgIpc) is 2.97. The van der Waals surface area contributed by atoms with E-state index >= 15 is 0 Å². The van der Waals surface area contributed by atoms with Crippen molar-refractivity contribution in [1.29, 1.82) is 0 Å². The van der Waals surface area contributed by atoms with Crippen LogP contribution >= 0.6 is 11.3 Å². The van der Waals surface area contributed by atoms with Gasteiger partial charge in [-0.1, -0.05) is 6.07 Å². The SMILES string of the molecule is CC(O)Cc1cc(F)c(-c2cc(C(N)=O)c(Nc3cccc(F)n3)s2)c(F)c1. The Morgan fingerprint density at radius 2 is 1.93 bits per heavy atom. The van der Waals surface area contributed by atoms with Crippen molar-refractivity contribution in [3.63, 3.8) is 0 Å². The van der Waals surface area contributed by atoms with E-state index in [1.807, 2.05) is 0 Å². The first-order chi connectivity index (χ1) is 13.2. The zero-order valence-corrected chi connectivity index (χ0v) is 15.5. The van der Waals surface area contributed by atoms with Gasteiger partial charge in [-0.2, -0.15) is 4.39 Å². The summed E-state index contributed by atoms with van der Waals surface area (Å²) in [6.45, 7) is 1.51. The number of carbonyl (C=O) groups excluding carboxylic acids is 1. The molecular weight excluding hydrogens is 391 g/mol. The molecule has 0 bridgehead atoms. The molecule has 0 spiro atoms. The van der Waals surface area contributed by atoms with Crippen LogP contribution in [0.5, 0.6) is 0 Å². The zero-order chi connectivity index (χ0) is 20.4. The van der Waals surface area contributed by atoms with Crippen molar-refractivity contribution in [1.82, 2.24) is 4.98 Å². The minimum atomic E-state index is -0.830. The van der Waals surface area contributed by atoms with Gasteiger partial charge in [-0.3, -0.25) is 4.79 Å². The number of primary amides is 1. The molecule has 1 amide bonds. The van der Waals surface area contributed by atoms with E-state index in [2.05, 4.69) is 10.3 Å². The van der Waals surface area contributed by atoms with E-state index in [0.29, 0.717) is 5.56 Å². The highest BCUT2D eigenvalue weighted by Gasteiger charge is 2.21. The molecule has 4 N–H and O–H groups in total. The molecule has 9 heteroatoms. The predicted molar refractivity (Wildman–Crippen MR) is 101 cm³/mol. The third-order valence-electron chi connectivity index (χ3n) is 3.83. The third-order valence-corrected chi connectivity index (χ3v) is 4.90.